The quantitative estimate of drug-likeness (QED) is 0.785. The first-order valence-corrected chi connectivity index (χ1v) is 8.64. The number of halogens is 1. The van der Waals surface area contributed by atoms with Gasteiger partial charge in [0.05, 0.1) is 18.7 Å². The van der Waals surface area contributed by atoms with Crippen LogP contribution >= 0.6 is 11.6 Å². The molecule has 2 aromatic rings. The van der Waals surface area contributed by atoms with Gasteiger partial charge in [0.25, 0.3) is 5.91 Å². The lowest BCUT2D eigenvalue weighted by molar-refractivity contribution is -0.0401. The van der Waals surface area contributed by atoms with Crippen molar-refractivity contribution < 1.29 is 14.3 Å². The third-order valence-corrected chi connectivity index (χ3v) is 4.39. The van der Waals surface area contributed by atoms with Gasteiger partial charge in [-0.3, -0.25) is 4.79 Å². The van der Waals surface area contributed by atoms with Crippen LogP contribution in [0.5, 0.6) is 5.75 Å². The number of aromatic nitrogens is 1. The number of carbonyl (C=O) groups is 1. The van der Waals surface area contributed by atoms with Gasteiger partial charge in [-0.25, -0.2) is 4.98 Å². The van der Waals surface area contributed by atoms with Crippen LogP contribution in [-0.4, -0.2) is 48.2 Å². The van der Waals surface area contributed by atoms with Crippen molar-refractivity contribution in [3.05, 3.63) is 58.4 Å². The summed E-state index contributed by atoms with van der Waals surface area (Å²) >= 11 is 6.12. The number of nitrogens with zero attached hydrogens (tertiary/aromatic N) is 2. The maximum Gasteiger partial charge on any atom is 0.257 e. The Kier molecular flexibility index (Phi) is 5.56. The van der Waals surface area contributed by atoms with Gasteiger partial charge in [0, 0.05) is 12.2 Å². The summed E-state index contributed by atoms with van der Waals surface area (Å²) in [5, 5.41) is 0.240. The van der Waals surface area contributed by atoms with Crippen molar-refractivity contribution in [2.75, 3.05) is 26.3 Å². The first-order valence-electron chi connectivity index (χ1n) is 8.26. The standard InChI is InChI=1S/C19H21ClN2O3/c1-13-3-6-15(7-4-13)25-12-16-11-22(9-10-24-16)19(23)17-8-5-14(2)21-18(17)20/h3-8,16H,9-12H2,1-2H3/t16-/m1/s1. The zero-order chi connectivity index (χ0) is 17.8. The highest BCUT2D eigenvalue weighted by Crippen LogP contribution is 2.19. The van der Waals surface area contributed by atoms with Gasteiger partial charge in [0.1, 0.15) is 23.6 Å². The summed E-state index contributed by atoms with van der Waals surface area (Å²) in [7, 11) is 0. The van der Waals surface area contributed by atoms with Crippen molar-refractivity contribution in [1.82, 2.24) is 9.88 Å². The zero-order valence-electron chi connectivity index (χ0n) is 14.4. The van der Waals surface area contributed by atoms with E-state index in [0.29, 0.717) is 31.9 Å². The van der Waals surface area contributed by atoms with E-state index in [9.17, 15) is 4.79 Å². The molecule has 3 rings (SSSR count). The summed E-state index contributed by atoms with van der Waals surface area (Å²) in [6.07, 6.45) is -0.170. The molecule has 0 saturated carbocycles. The molecule has 0 unspecified atom stereocenters. The van der Waals surface area contributed by atoms with Crippen LogP contribution in [-0.2, 0) is 4.74 Å². The number of morpholine rings is 1. The molecule has 1 amide bonds. The second-order valence-corrected chi connectivity index (χ2v) is 6.52. The second-order valence-electron chi connectivity index (χ2n) is 6.16. The number of ether oxygens (including phenoxy) is 2. The first kappa shape index (κ1) is 17.7. The van der Waals surface area contributed by atoms with Crippen LogP contribution in [0.1, 0.15) is 21.6 Å². The van der Waals surface area contributed by atoms with E-state index in [1.807, 2.05) is 38.1 Å². The van der Waals surface area contributed by atoms with Gasteiger partial charge in [0.15, 0.2) is 0 Å². The van der Waals surface area contributed by atoms with Crippen LogP contribution in [0.15, 0.2) is 36.4 Å². The molecule has 6 heteroatoms. The van der Waals surface area contributed by atoms with Crippen molar-refractivity contribution >= 4 is 17.5 Å². The van der Waals surface area contributed by atoms with Crippen LogP contribution < -0.4 is 4.74 Å². The lowest BCUT2D eigenvalue weighted by Crippen LogP contribution is -2.47. The molecule has 1 aliphatic heterocycles. The Balaban J connectivity index is 1.60. The summed E-state index contributed by atoms with van der Waals surface area (Å²) < 4.78 is 11.5. The normalized spacial score (nSPS) is 17.4. The van der Waals surface area contributed by atoms with Crippen molar-refractivity contribution in [3.63, 3.8) is 0 Å². The average Bonchev–Trinajstić information content (AvgIpc) is 2.61. The third kappa shape index (κ3) is 4.50. The monoisotopic (exact) mass is 360 g/mol. The van der Waals surface area contributed by atoms with Gasteiger partial charge in [-0.15, -0.1) is 0 Å². The molecule has 1 aliphatic rings. The van der Waals surface area contributed by atoms with E-state index < -0.39 is 0 Å². The zero-order valence-corrected chi connectivity index (χ0v) is 15.1. The molecule has 0 aliphatic carbocycles. The minimum Gasteiger partial charge on any atom is -0.491 e. The molecule has 0 spiro atoms. The smallest absolute Gasteiger partial charge is 0.257 e. The molecule has 1 atom stereocenters. The minimum atomic E-state index is -0.170. The molecule has 0 radical (unpaired) electrons. The van der Waals surface area contributed by atoms with E-state index in [1.54, 1.807) is 17.0 Å². The number of benzene rings is 1. The molecule has 5 nitrogen and oxygen atoms in total. The van der Waals surface area contributed by atoms with Gasteiger partial charge in [0.2, 0.25) is 0 Å². The topological polar surface area (TPSA) is 51.7 Å². The number of hydrogen-bond acceptors (Lipinski definition) is 4. The minimum absolute atomic E-state index is 0.124. The Bertz CT molecular complexity index is 749. The van der Waals surface area contributed by atoms with Gasteiger partial charge >= 0.3 is 0 Å². The number of carbonyl (C=O) groups excluding carboxylic acids is 1. The Hall–Kier alpha value is -2.11. The Morgan fingerprint density at radius 1 is 1.28 bits per heavy atom. The van der Waals surface area contributed by atoms with Gasteiger partial charge in [-0.1, -0.05) is 29.3 Å². The highest BCUT2D eigenvalue weighted by Gasteiger charge is 2.27. The van der Waals surface area contributed by atoms with Gasteiger partial charge < -0.3 is 14.4 Å². The van der Waals surface area contributed by atoms with Gasteiger partial charge in [-0.05, 0) is 38.1 Å². The fourth-order valence-corrected chi connectivity index (χ4v) is 2.96. The molecule has 1 fully saturated rings. The number of hydrogen-bond donors (Lipinski definition) is 0. The molecular formula is C19H21ClN2O3. The second kappa shape index (κ2) is 7.85. The Morgan fingerprint density at radius 2 is 2.04 bits per heavy atom. The summed E-state index contributed by atoms with van der Waals surface area (Å²) in [5.41, 5.74) is 2.39. The third-order valence-electron chi connectivity index (χ3n) is 4.10. The number of aryl methyl sites for hydroxylation is 2. The number of amides is 1. The van der Waals surface area contributed by atoms with Crippen molar-refractivity contribution in [2.24, 2.45) is 0 Å². The maximum atomic E-state index is 12.7. The lowest BCUT2D eigenvalue weighted by Gasteiger charge is -2.33. The van der Waals surface area contributed by atoms with E-state index in [2.05, 4.69) is 4.98 Å². The maximum absolute atomic E-state index is 12.7. The van der Waals surface area contributed by atoms with Crippen LogP contribution in [0.4, 0.5) is 0 Å². The van der Waals surface area contributed by atoms with E-state index in [4.69, 9.17) is 21.1 Å². The Labute approximate surface area is 152 Å². The molecule has 132 valence electrons. The molecule has 2 heterocycles. The molecule has 25 heavy (non-hydrogen) atoms. The molecule has 0 bridgehead atoms. The Morgan fingerprint density at radius 3 is 2.76 bits per heavy atom. The van der Waals surface area contributed by atoms with Crippen molar-refractivity contribution in [3.8, 4) is 5.75 Å². The fraction of sp³-hybridized carbons (Fsp3) is 0.368. The predicted molar refractivity (Wildman–Crippen MR) is 96.3 cm³/mol. The molecule has 1 aromatic heterocycles. The van der Waals surface area contributed by atoms with E-state index >= 15 is 0 Å². The lowest BCUT2D eigenvalue weighted by atomic mass is 10.2. The predicted octanol–water partition coefficient (Wildman–Crippen LogP) is 3.27. The molecule has 1 aromatic carbocycles. The van der Waals surface area contributed by atoms with Crippen molar-refractivity contribution in [1.29, 1.82) is 0 Å². The van der Waals surface area contributed by atoms with E-state index in [1.165, 1.54) is 5.56 Å². The van der Waals surface area contributed by atoms with Crippen LogP contribution in [0.3, 0.4) is 0 Å². The van der Waals surface area contributed by atoms with E-state index in [0.717, 1.165) is 11.4 Å². The summed E-state index contributed by atoms with van der Waals surface area (Å²) in [6, 6.07) is 11.4. The highest BCUT2D eigenvalue weighted by molar-refractivity contribution is 6.32. The van der Waals surface area contributed by atoms with Crippen LogP contribution in [0.25, 0.3) is 0 Å². The van der Waals surface area contributed by atoms with Crippen LogP contribution in [0.2, 0.25) is 5.15 Å². The fourth-order valence-electron chi connectivity index (χ4n) is 2.68. The van der Waals surface area contributed by atoms with Crippen LogP contribution in [0, 0.1) is 13.8 Å². The highest BCUT2D eigenvalue weighted by atomic mass is 35.5. The largest absolute Gasteiger partial charge is 0.491 e. The SMILES string of the molecule is Cc1ccc(OC[C@H]2CN(C(=O)c3ccc(C)nc3Cl)CCO2)cc1. The number of pyridine rings is 1. The summed E-state index contributed by atoms with van der Waals surface area (Å²) in [4.78, 5) is 18.6. The summed E-state index contributed by atoms with van der Waals surface area (Å²) in [6.45, 7) is 5.74. The molecular weight excluding hydrogens is 340 g/mol. The first-order chi connectivity index (χ1) is 12.0. The van der Waals surface area contributed by atoms with Gasteiger partial charge in [-0.2, -0.15) is 0 Å². The van der Waals surface area contributed by atoms with E-state index in [-0.39, 0.29) is 17.2 Å². The molecule has 0 N–H and O–H groups in total. The average molecular weight is 361 g/mol. The summed E-state index contributed by atoms with van der Waals surface area (Å²) in [5.74, 6) is 0.671. The number of rotatable bonds is 4. The van der Waals surface area contributed by atoms with Crippen molar-refractivity contribution in [2.45, 2.75) is 20.0 Å². The molecule has 1 saturated heterocycles.